The highest BCUT2D eigenvalue weighted by Gasteiger charge is 2.08. The molecule has 0 radical (unpaired) electrons. The normalized spacial score (nSPS) is 11.0. The van der Waals surface area contributed by atoms with Crippen molar-refractivity contribution in [3.05, 3.63) is 45.9 Å². The van der Waals surface area contributed by atoms with E-state index in [1.54, 1.807) is 0 Å². The second-order valence-corrected chi connectivity index (χ2v) is 5.34. The summed E-state index contributed by atoms with van der Waals surface area (Å²) < 4.78 is 0.915. The van der Waals surface area contributed by atoms with Gasteiger partial charge in [-0.1, -0.05) is 33.6 Å². The van der Waals surface area contributed by atoms with E-state index in [1.807, 2.05) is 36.4 Å². The SMILES string of the molecule is Nc1cccc2[nH]c(-c3cc(Cl)cc(Br)c3)nc12. The number of anilines is 1. The summed E-state index contributed by atoms with van der Waals surface area (Å²) in [5.41, 5.74) is 9.17. The van der Waals surface area contributed by atoms with Crippen molar-refractivity contribution in [2.45, 2.75) is 0 Å². The van der Waals surface area contributed by atoms with Crippen LogP contribution in [0, 0.1) is 0 Å². The highest BCUT2D eigenvalue weighted by Crippen LogP contribution is 2.28. The van der Waals surface area contributed by atoms with Crippen LogP contribution >= 0.6 is 27.5 Å². The lowest BCUT2D eigenvalue weighted by atomic mass is 10.2. The van der Waals surface area contributed by atoms with Gasteiger partial charge in [-0.05, 0) is 30.3 Å². The lowest BCUT2D eigenvalue weighted by molar-refractivity contribution is 1.33. The van der Waals surface area contributed by atoms with Crippen LogP contribution in [0.2, 0.25) is 5.02 Å². The molecule has 0 spiro atoms. The Balaban J connectivity index is 2.22. The van der Waals surface area contributed by atoms with Crippen LogP contribution in [0.1, 0.15) is 0 Å². The number of nitrogens with zero attached hydrogens (tertiary/aromatic N) is 1. The van der Waals surface area contributed by atoms with Crippen LogP contribution in [-0.2, 0) is 0 Å². The summed E-state index contributed by atoms with van der Waals surface area (Å²) in [5, 5.41) is 0.660. The summed E-state index contributed by atoms with van der Waals surface area (Å²) in [6.07, 6.45) is 0. The molecule has 0 bridgehead atoms. The summed E-state index contributed by atoms with van der Waals surface area (Å²) in [6.45, 7) is 0. The zero-order valence-corrected chi connectivity index (χ0v) is 11.6. The van der Waals surface area contributed by atoms with Gasteiger partial charge in [0.15, 0.2) is 0 Å². The average molecular weight is 323 g/mol. The van der Waals surface area contributed by atoms with Crippen molar-refractivity contribution >= 4 is 44.3 Å². The van der Waals surface area contributed by atoms with E-state index in [9.17, 15) is 0 Å². The summed E-state index contributed by atoms with van der Waals surface area (Å²) in [5.74, 6) is 0.756. The van der Waals surface area contributed by atoms with Crippen LogP contribution in [0.15, 0.2) is 40.9 Å². The maximum absolute atomic E-state index is 6.03. The van der Waals surface area contributed by atoms with E-state index < -0.39 is 0 Å². The van der Waals surface area contributed by atoms with Gasteiger partial charge in [0.1, 0.15) is 11.3 Å². The van der Waals surface area contributed by atoms with Crippen LogP contribution < -0.4 is 5.73 Å². The molecule has 0 atom stereocenters. The van der Waals surface area contributed by atoms with Gasteiger partial charge in [-0.2, -0.15) is 0 Å². The van der Waals surface area contributed by atoms with Crippen molar-refractivity contribution in [2.75, 3.05) is 5.73 Å². The molecular weight excluding hydrogens is 314 g/mol. The Morgan fingerprint density at radius 2 is 2.06 bits per heavy atom. The third-order valence-corrected chi connectivity index (χ3v) is 3.36. The fourth-order valence-electron chi connectivity index (χ4n) is 1.88. The standard InChI is InChI=1S/C13H9BrClN3/c14-8-4-7(5-9(15)6-8)13-17-11-3-1-2-10(16)12(11)18-13/h1-6H,16H2,(H,17,18). The molecule has 1 aromatic heterocycles. The molecule has 3 nitrogen and oxygen atoms in total. The number of para-hydroxylation sites is 1. The van der Waals surface area contributed by atoms with Crippen LogP contribution in [0.25, 0.3) is 22.4 Å². The topological polar surface area (TPSA) is 54.7 Å². The Morgan fingerprint density at radius 3 is 2.78 bits per heavy atom. The average Bonchev–Trinajstić information content (AvgIpc) is 2.73. The Bertz CT molecular complexity index is 716. The highest BCUT2D eigenvalue weighted by molar-refractivity contribution is 9.10. The summed E-state index contributed by atoms with van der Waals surface area (Å²) in [7, 11) is 0. The molecule has 3 N–H and O–H groups in total. The molecule has 2 aromatic carbocycles. The van der Waals surface area contributed by atoms with Crippen LogP contribution in [-0.4, -0.2) is 9.97 Å². The Morgan fingerprint density at radius 1 is 1.22 bits per heavy atom. The van der Waals surface area contributed by atoms with Crippen molar-refractivity contribution in [2.24, 2.45) is 0 Å². The molecular formula is C13H9BrClN3. The van der Waals surface area contributed by atoms with Gasteiger partial charge < -0.3 is 10.7 Å². The predicted octanol–water partition coefficient (Wildman–Crippen LogP) is 4.23. The lowest BCUT2D eigenvalue weighted by Crippen LogP contribution is -1.85. The molecule has 0 amide bonds. The number of halogens is 2. The molecule has 0 saturated heterocycles. The van der Waals surface area contributed by atoms with E-state index in [4.69, 9.17) is 17.3 Å². The maximum atomic E-state index is 6.03. The Kier molecular flexibility index (Phi) is 2.76. The second-order valence-electron chi connectivity index (χ2n) is 3.99. The Labute approximate surface area is 117 Å². The van der Waals surface area contributed by atoms with Crippen molar-refractivity contribution in [1.82, 2.24) is 9.97 Å². The van der Waals surface area contributed by atoms with E-state index in [-0.39, 0.29) is 0 Å². The molecule has 90 valence electrons. The number of fused-ring (bicyclic) bond motifs is 1. The van der Waals surface area contributed by atoms with Gasteiger partial charge in [0.25, 0.3) is 0 Å². The maximum Gasteiger partial charge on any atom is 0.138 e. The molecule has 0 aliphatic carbocycles. The number of hydrogen-bond donors (Lipinski definition) is 2. The fourth-order valence-corrected chi connectivity index (χ4v) is 2.74. The van der Waals surface area contributed by atoms with E-state index in [1.165, 1.54) is 0 Å². The van der Waals surface area contributed by atoms with Crippen molar-refractivity contribution in [3.63, 3.8) is 0 Å². The number of nitrogen functional groups attached to an aromatic ring is 1. The number of nitrogens with two attached hydrogens (primary N) is 1. The van der Waals surface area contributed by atoms with Crippen LogP contribution in [0.4, 0.5) is 5.69 Å². The van der Waals surface area contributed by atoms with Gasteiger partial charge in [-0.15, -0.1) is 0 Å². The smallest absolute Gasteiger partial charge is 0.138 e. The molecule has 0 unspecified atom stereocenters. The number of aromatic nitrogens is 2. The zero-order valence-electron chi connectivity index (χ0n) is 9.24. The summed E-state index contributed by atoms with van der Waals surface area (Å²) in [6, 6.07) is 11.3. The molecule has 0 aliphatic rings. The van der Waals surface area contributed by atoms with Gasteiger partial charge in [0, 0.05) is 15.1 Å². The monoisotopic (exact) mass is 321 g/mol. The predicted molar refractivity (Wildman–Crippen MR) is 78.7 cm³/mol. The first-order valence-corrected chi connectivity index (χ1v) is 6.51. The minimum absolute atomic E-state index is 0.660. The number of rotatable bonds is 1. The van der Waals surface area contributed by atoms with Crippen molar-refractivity contribution in [3.8, 4) is 11.4 Å². The molecule has 3 aromatic rings. The number of benzene rings is 2. The largest absolute Gasteiger partial charge is 0.397 e. The number of aromatic amines is 1. The number of H-pyrrole nitrogens is 1. The van der Waals surface area contributed by atoms with E-state index in [2.05, 4.69) is 25.9 Å². The first kappa shape index (κ1) is 11.6. The second kappa shape index (κ2) is 4.30. The third kappa shape index (κ3) is 1.98. The molecule has 3 rings (SSSR count). The zero-order chi connectivity index (χ0) is 12.7. The van der Waals surface area contributed by atoms with Gasteiger partial charge >= 0.3 is 0 Å². The Hall–Kier alpha value is -1.52. The number of imidazole rings is 1. The van der Waals surface area contributed by atoms with E-state index >= 15 is 0 Å². The van der Waals surface area contributed by atoms with Crippen LogP contribution in [0.5, 0.6) is 0 Å². The van der Waals surface area contributed by atoms with Crippen LogP contribution in [0.3, 0.4) is 0 Å². The number of hydrogen-bond acceptors (Lipinski definition) is 2. The molecule has 0 fully saturated rings. The van der Waals surface area contributed by atoms with Gasteiger partial charge in [0.05, 0.1) is 11.2 Å². The van der Waals surface area contributed by atoms with Crippen molar-refractivity contribution < 1.29 is 0 Å². The van der Waals surface area contributed by atoms with Gasteiger partial charge in [-0.25, -0.2) is 4.98 Å². The number of nitrogens with one attached hydrogen (secondary N) is 1. The van der Waals surface area contributed by atoms with E-state index in [0.717, 1.165) is 26.9 Å². The quantitative estimate of drug-likeness (QED) is 0.659. The minimum atomic E-state index is 0.660. The third-order valence-electron chi connectivity index (χ3n) is 2.68. The first-order valence-electron chi connectivity index (χ1n) is 5.34. The van der Waals surface area contributed by atoms with Crippen molar-refractivity contribution in [1.29, 1.82) is 0 Å². The van der Waals surface area contributed by atoms with Gasteiger partial charge in [0.2, 0.25) is 0 Å². The molecule has 0 saturated carbocycles. The summed E-state index contributed by atoms with van der Waals surface area (Å²) in [4.78, 5) is 7.74. The molecule has 5 heteroatoms. The summed E-state index contributed by atoms with van der Waals surface area (Å²) >= 11 is 9.45. The van der Waals surface area contributed by atoms with E-state index in [0.29, 0.717) is 10.7 Å². The lowest BCUT2D eigenvalue weighted by Gasteiger charge is -1.99. The molecule has 18 heavy (non-hydrogen) atoms. The first-order chi connectivity index (χ1) is 8.63. The van der Waals surface area contributed by atoms with Gasteiger partial charge in [-0.3, -0.25) is 0 Å². The fraction of sp³-hybridized carbons (Fsp3) is 0. The minimum Gasteiger partial charge on any atom is -0.397 e. The molecule has 0 aliphatic heterocycles. The highest BCUT2D eigenvalue weighted by atomic mass is 79.9. The molecule has 1 heterocycles.